The van der Waals surface area contributed by atoms with Crippen molar-refractivity contribution in [3.05, 3.63) is 22.4 Å². The largest absolute Gasteiger partial charge is 0.383 e. The molecule has 1 aliphatic heterocycles. The lowest BCUT2D eigenvalue weighted by atomic mass is 10.1. The molecule has 0 spiro atoms. The highest BCUT2D eigenvalue weighted by molar-refractivity contribution is 7.10. The van der Waals surface area contributed by atoms with Crippen LogP contribution < -0.4 is 10.6 Å². The maximum atomic E-state index is 11.8. The van der Waals surface area contributed by atoms with E-state index in [-0.39, 0.29) is 12.1 Å². The lowest BCUT2D eigenvalue weighted by molar-refractivity contribution is 0.112. The van der Waals surface area contributed by atoms with E-state index in [1.165, 1.54) is 4.88 Å². The summed E-state index contributed by atoms with van der Waals surface area (Å²) in [7, 11) is 3.78. The zero-order valence-corrected chi connectivity index (χ0v) is 14.2. The van der Waals surface area contributed by atoms with Gasteiger partial charge < -0.3 is 20.3 Å². The number of hydrogen-bond donors (Lipinski definition) is 2. The minimum absolute atomic E-state index is 0.132. The van der Waals surface area contributed by atoms with Crippen molar-refractivity contribution in [2.45, 2.75) is 6.04 Å². The number of likely N-dealkylation sites (N-methyl/N-ethyl adjacent to an activating group) is 1. The summed E-state index contributed by atoms with van der Waals surface area (Å²) < 4.78 is 4.93. The van der Waals surface area contributed by atoms with Gasteiger partial charge in [-0.15, -0.1) is 11.3 Å². The van der Waals surface area contributed by atoms with Gasteiger partial charge in [-0.3, -0.25) is 4.90 Å². The maximum Gasteiger partial charge on any atom is 0.314 e. The number of ether oxygens (including phenoxy) is 1. The van der Waals surface area contributed by atoms with Crippen LogP contribution in [-0.4, -0.2) is 75.9 Å². The predicted molar refractivity (Wildman–Crippen MR) is 89.4 cm³/mol. The molecule has 2 amide bonds. The number of nitrogens with one attached hydrogen (secondary N) is 2. The Labute approximate surface area is 136 Å². The van der Waals surface area contributed by atoms with Crippen molar-refractivity contribution in [3.8, 4) is 0 Å². The lowest BCUT2D eigenvalue weighted by Crippen LogP contribution is -2.49. The van der Waals surface area contributed by atoms with E-state index in [1.807, 2.05) is 0 Å². The summed E-state index contributed by atoms with van der Waals surface area (Å²) in [6, 6.07) is 4.34. The van der Waals surface area contributed by atoms with E-state index < -0.39 is 0 Å². The molecule has 2 heterocycles. The Morgan fingerprint density at radius 2 is 2.14 bits per heavy atom. The van der Waals surface area contributed by atoms with Crippen molar-refractivity contribution in [1.29, 1.82) is 0 Å². The number of rotatable bonds is 7. The Bertz CT molecular complexity index is 433. The van der Waals surface area contributed by atoms with Crippen LogP contribution in [0.3, 0.4) is 0 Å². The second-order valence-corrected chi connectivity index (χ2v) is 6.48. The third kappa shape index (κ3) is 5.24. The van der Waals surface area contributed by atoms with Crippen molar-refractivity contribution in [1.82, 2.24) is 20.4 Å². The van der Waals surface area contributed by atoms with E-state index in [9.17, 15) is 4.79 Å². The highest BCUT2D eigenvalue weighted by Crippen LogP contribution is 2.25. The quantitative estimate of drug-likeness (QED) is 0.734. The summed E-state index contributed by atoms with van der Waals surface area (Å²) in [5, 5.41) is 7.87. The van der Waals surface area contributed by atoms with Gasteiger partial charge in [0.15, 0.2) is 0 Å². The molecule has 0 saturated carbocycles. The summed E-state index contributed by atoms with van der Waals surface area (Å²) in [5.74, 6) is 0. The van der Waals surface area contributed by atoms with Crippen LogP contribution in [0.4, 0.5) is 4.79 Å². The van der Waals surface area contributed by atoms with Gasteiger partial charge in [-0.2, -0.15) is 0 Å². The third-order valence-corrected chi connectivity index (χ3v) is 4.87. The number of carbonyl (C=O) groups excluding carboxylic acids is 1. The third-order valence-electron chi connectivity index (χ3n) is 3.90. The number of piperazine rings is 1. The van der Waals surface area contributed by atoms with Gasteiger partial charge in [-0.1, -0.05) is 6.07 Å². The summed E-state index contributed by atoms with van der Waals surface area (Å²) in [4.78, 5) is 17.9. The standard InChI is InChI=1S/C15H26N4O2S/c1-18-6-8-19(9-7-18)13(14-4-3-11-22-14)12-17-15(20)16-5-10-21-2/h3-4,11,13H,5-10,12H2,1-2H3,(H2,16,17,20). The van der Waals surface area contributed by atoms with Crippen LogP contribution in [0.15, 0.2) is 17.5 Å². The highest BCUT2D eigenvalue weighted by atomic mass is 32.1. The van der Waals surface area contributed by atoms with Gasteiger partial charge in [0, 0.05) is 51.3 Å². The normalized spacial score (nSPS) is 18.1. The second kappa shape index (κ2) is 9.09. The van der Waals surface area contributed by atoms with Crippen LogP contribution in [0.5, 0.6) is 0 Å². The molecule has 0 aromatic carbocycles. The molecule has 1 saturated heterocycles. The first kappa shape index (κ1) is 17.2. The zero-order valence-electron chi connectivity index (χ0n) is 13.4. The number of hydrogen-bond acceptors (Lipinski definition) is 5. The summed E-state index contributed by atoms with van der Waals surface area (Å²) in [6.07, 6.45) is 0. The molecule has 7 heteroatoms. The molecule has 22 heavy (non-hydrogen) atoms. The average Bonchev–Trinajstić information content (AvgIpc) is 3.04. The van der Waals surface area contributed by atoms with Crippen molar-refractivity contribution >= 4 is 17.4 Å². The van der Waals surface area contributed by atoms with Gasteiger partial charge in [0.2, 0.25) is 0 Å². The molecule has 1 aliphatic rings. The first-order chi connectivity index (χ1) is 10.7. The molecule has 1 aromatic rings. The van der Waals surface area contributed by atoms with Crippen LogP contribution >= 0.6 is 11.3 Å². The fourth-order valence-electron chi connectivity index (χ4n) is 2.54. The minimum atomic E-state index is -0.132. The molecular formula is C15H26N4O2S. The Balaban J connectivity index is 1.87. The Morgan fingerprint density at radius 3 is 2.77 bits per heavy atom. The smallest absolute Gasteiger partial charge is 0.314 e. The highest BCUT2D eigenvalue weighted by Gasteiger charge is 2.24. The van der Waals surface area contributed by atoms with Crippen molar-refractivity contribution < 1.29 is 9.53 Å². The number of urea groups is 1. The molecule has 2 rings (SSSR count). The van der Waals surface area contributed by atoms with Crippen LogP contribution in [0, 0.1) is 0 Å². The molecular weight excluding hydrogens is 300 g/mol. The maximum absolute atomic E-state index is 11.8. The molecule has 1 unspecified atom stereocenters. The van der Waals surface area contributed by atoms with Gasteiger partial charge in [0.25, 0.3) is 0 Å². The van der Waals surface area contributed by atoms with E-state index in [1.54, 1.807) is 18.4 Å². The first-order valence-corrected chi connectivity index (χ1v) is 8.55. The van der Waals surface area contributed by atoms with Gasteiger partial charge >= 0.3 is 6.03 Å². The van der Waals surface area contributed by atoms with Crippen molar-refractivity contribution in [2.24, 2.45) is 0 Å². The van der Waals surface area contributed by atoms with Crippen LogP contribution in [0.25, 0.3) is 0 Å². The summed E-state index contributed by atoms with van der Waals surface area (Å²) in [6.45, 7) is 5.89. The molecule has 0 aliphatic carbocycles. The second-order valence-electron chi connectivity index (χ2n) is 5.50. The van der Waals surface area contributed by atoms with Crippen molar-refractivity contribution in [3.63, 3.8) is 0 Å². The molecule has 2 N–H and O–H groups in total. The van der Waals surface area contributed by atoms with E-state index in [0.717, 1.165) is 26.2 Å². The molecule has 1 atom stereocenters. The number of nitrogens with zero attached hydrogens (tertiary/aromatic N) is 2. The van der Waals surface area contributed by atoms with Crippen molar-refractivity contribution in [2.75, 3.05) is 60.0 Å². The Morgan fingerprint density at radius 1 is 1.36 bits per heavy atom. The molecule has 6 nitrogen and oxygen atoms in total. The van der Waals surface area contributed by atoms with Gasteiger partial charge in [0.05, 0.1) is 12.6 Å². The molecule has 1 fully saturated rings. The Hall–Kier alpha value is -1.15. The number of methoxy groups -OCH3 is 1. The molecule has 0 radical (unpaired) electrons. The summed E-state index contributed by atoms with van der Waals surface area (Å²) >= 11 is 1.75. The van der Waals surface area contributed by atoms with Crippen LogP contribution in [0.1, 0.15) is 10.9 Å². The van der Waals surface area contributed by atoms with Crippen LogP contribution in [0.2, 0.25) is 0 Å². The SMILES string of the molecule is COCCNC(=O)NCC(c1cccs1)N1CCN(C)CC1. The summed E-state index contributed by atoms with van der Waals surface area (Å²) in [5.41, 5.74) is 0. The molecule has 1 aromatic heterocycles. The van der Waals surface area contributed by atoms with Gasteiger partial charge in [-0.25, -0.2) is 4.79 Å². The number of carbonyl (C=O) groups is 1. The molecule has 124 valence electrons. The fourth-order valence-corrected chi connectivity index (χ4v) is 3.40. The molecule has 0 bridgehead atoms. The number of amides is 2. The monoisotopic (exact) mass is 326 g/mol. The van der Waals surface area contributed by atoms with Gasteiger partial charge in [-0.05, 0) is 18.5 Å². The predicted octanol–water partition coefficient (Wildman–Crippen LogP) is 0.982. The van der Waals surface area contributed by atoms with E-state index in [0.29, 0.717) is 19.7 Å². The van der Waals surface area contributed by atoms with E-state index >= 15 is 0 Å². The average molecular weight is 326 g/mol. The van der Waals surface area contributed by atoms with E-state index in [4.69, 9.17) is 4.74 Å². The first-order valence-electron chi connectivity index (χ1n) is 7.67. The van der Waals surface area contributed by atoms with Gasteiger partial charge in [0.1, 0.15) is 0 Å². The van der Waals surface area contributed by atoms with Crippen LogP contribution in [-0.2, 0) is 4.74 Å². The Kier molecular flexibility index (Phi) is 7.11. The number of thiophene rings is 1. The fraction of sp³-hybridized carbons (Fsp3) is 0.667. The zero-order chi connectivity index (χ0) is 15.8. The van der Waals surface area contributed by atoms with E-state index in [2.05, 4.69) is 45.0 Å². The topological polar surface area (TPSA) is 56.8 Å². The lowest BCUT2D eigenvalue weighted by Gasteiger charge is -2.37. The minimum Gasteiger partial charge on any atom is -0.383 e.